The predicted molar refractivity (Wildman–Crippen MR) is 109 cm³/mol. The molecule has 1 aliphatic rings. The predicted octanol–water partition coefficient (Wildman–Crippen LogP) is 3.40. The van der Waals surface area contributed by atoms with Crippen LogP contribution in [0.15, 0.2) is 18.2 Å². The zero-order valence-corrected chi connectivity index (χ0v) is 17.9. The van der Waals surface area contributed by atoms with E-state index in [1.165, 1.54) is 4.31 Å². The van der Waals surface area contributed by atoms with Crippen molar-refractivity contribution < 1.29 is 13.2 Å². The SMILES string of the molecule is CCS(=O)(=O)N1CCC[C@@H](C(=O)NCCSCc2ccc(Cl)c(Cl)c2)C1. The number of carbonyl (C=O) groups is 1. The molecule has 0 unspecified atom stereocenters. The van der Waals surface area contributed by atoms with Gasteiger partial charge in [-0.25, -0.2) is 12.7 Å². The summed E-state index contributed by atoms with van der Waals surface area (Å²) in [6, 6.07) is 5.56. The highest BCUT2D eigenvalue weighted by Crippen LogP contribution is 2.24. The van der Waals surface area contributed by atoms with Crippen molar-refractivity contribution >= 4 is 50.9 Å². The fraction of sp³-hybridized carbons (Fsp3) is 0.588. The third kappa shape index (κ3) is 6.30. The Hall–Kier alpha value is -0.470. The Labute approximate surface area is 169 Å². The van der Waals surface area contributed by atoms with Gasteiger partial charge in [-0.2, -0.15) is 11.8 Å². The summed E-state index contributed by atoms with van der Waals surface area (Å²) in [7, 11) is -3.23. The van der Waals surface area contributed by atoms with Crippen LogP contribution < -0.4 is 5.32 Å². The average molecular weight is 439 g/mol. The molecule has 2 rings (SSSR count). The lowest BCUT2D eigenvalue weighted by Gasteiger charge is -2.30. The van der Waals surface area contributed by atoms with Gasteiger partial charge >= 0.3 is 0 Å². The average Bonchev–Trinajstić information content (AvgIpc) is 2.64. The summed E-state index contributed by atoms with van der Waals surface area (Å²) in [6.45, 7) is 2.99. The summed E-state index contributed by atoms with van der Waals surface area (Å²) < 4.78 is 25.4. The van der Waals surface area contributed by atoms with Gasteiger partial charge in [-0.15, -0.1) is 0 Å². The molecular weight excluding hydrogens is 415 g/mol. The Bertz CT molecular complexity index is 729. The van der Waals surface area contributed by atoms with Crippen LogP contribution in [0, 0.1) is 5.92 Å². The zero-order chi connectivity index (χ0) is 19.2. The highest BCUT2D eigenvalue weighted by Gasteiger charge is 2.31. The minimum Gasteiger partial charge on any atom is -0.355 e. The van der Waals surface area contributed by atoms with E-state index in [4.69, 9.17) is 23.2 Å². The van der Waals surface area contributed by atoms with E-state index >= 15 is 0 Å². The van der Waals surface area contributed by atoms with Crippen molar-refractivity contribution in [3.05, 3.63) is 33.8 Å². The molecule has 0 aromatic heterocycles. The number of thioether (sulfide) groups is 1. The standard InChI is InChI=1S/C17H24Cl2N2O3S2/c1-2-26(23,24)21-8-3-4-14(11-21)17(22)20-7-9-25-12-13-5-6-15(18)16(19)10-13/h5-6,10,14H,2-4,7-9,11-12H2,1H3,(H,20,22)/t14-/m1/s1. The lowest BCUT2D eigenvalue weighted by atomic mass is 9.99. The highest BCUT2D eigenvalue weighted by atomic mass is 35.5. The van der Waals surface area contributed by atoms with Crippen LogP contribution in [0.25, 0.3) is 0 Å². The third-order valence-electron chi connectivity index (χ3n) is 4.31. The van der Waals surface area contributed by atoms with Crippen LogP contribution in [-0.4, -0.2) is 49.8 Å². The topological polar surface area (TPSA) is 66.5 Å². The van der Waals surface area contributed by atoms with Crippen molar-refractivity contribution in [1.82, 2.24) is 9.62 Å². The van der Waals surface area contributed by atoms with Crippen LogP contribution in [0.1, 0.15) is 25.3 Å². The number of carbonyl (C=O) groups excluding carboxylic acids is 1. The molecule has 26 heavy (non-hydrogen) atoms. The minimum atomic E-state index is -3.23. The lowest BCUT2D eigenvalue weighted by Crippen LogP contribution is -2.46. The molecule has 1 saturated heterocycles. The van der Waals surface area contributed by atoms with Gasteiger partial charge in [0.1, 0.15) is 0 Å². The van der Waals surface area contributed by atoms with Gasteiger partial charge in [-0.05, 0) is 37.5 Å². The van der Waals surface area contributed by atoms with Crippen molar-refractivity contribution in [2.24, 2.45) is 5.92 Å². The van der Waals surface area contributed by atoms with E-state index in [0.29, 0.717) is 29.7 Å². The molecule has 1 amide bonds. The van der Waals surface area contributed by atoms with Crippen LogP contribution in [0.2, 0.25) is 10.0 Å². The first-order valence-corrected chi connectivity index (χ1v) is 12.1. The van der Waals surface area contributed by atoms with Crippen LogP contribution in [0.5, 0.6) is 0 Å². The highest BCUT2D eigenvalue weighted by molar-refractivity contribution is 7.98. The van der Waals surface area contributed by atoms with Crippen molar-refractivity contribution in [2.45, 2.75) is 25.5 Å². The van der Waals surface area contributed by atoms with E-state index in [0.717, 1.165) is 29.9 Å². The quantitative estimate of drug-likeness (QED) is 0.631. The number of piperidine rings is 1. The third-order valence-corrected chi connectivity index (χ3v) is 7.93. The fourth-order valence-corrected chi connectivity index (χ4v) is 5.11. The van der Waals surface area contributed by atoms with E-state index in [-0.39, 0.29) is 17.6 Å². The van der Waals surface area contributed by atoms with E-state index in [2.05, 4.69) is 5.32 Å². The second kappa shape index (κ2) is 10.2. The van der Waals surface area contributed by atoms with Gasteiger partial charge in [0.15, 0.2) is 0 Å². The maximum atomic E-state index is 12.3. The molecule has 0 aliphatic carbocycles. The number of benzene rings is 1. The zero-order valence-electron chi connectivity index (χ0n) is 14.7. The maximum absolute atomic E-state index is 12.3. The van der Waals surface area contributed by atoms with Gasteiger partial charge in [0, 0.05) is 31.1 Å². The van der Waals surface area contributed by atoms with Crippen molar-refractivity contribution in [3.63, 3.8) is 0 Å². The Balaban J connectivity index is 1.70. The molecule has 0 bridgehead atoms. The molecule has 1 aromatic carbocycles. The van der Waals surface area contributed by atoms with Crippen LogP contribution in [0.3, 0.4) is 0 Å². The van der Waals surface area contributed by atoms with Crippen molar-refractivity contribution in [3.8, 4) is 0 Å². The number of hydrogen-bond donors (Lipinski definition) is 1. The Morgan fingerprint density at radius 3 is 2.81 bits per heavy atom. The van der Waals surface area contributed by atoms with Gasteiger partial charge in [0.2, 0.25) is 15.9 Å². The number of nitrogens with one attached hydrogen (secondary N) is 1. The molecule has 9 heteroatoms. The van der Waals surface area contributed by atoms with E-state index in [1.807, 2.05) is 12.1 Å². The number of hydrogen-bond acceptors (Lipinski definition) is 4. The normalized spacial score (nSPS) is 18.7. The first kappa shape index (κ1) is 21.8. The smallest absolute Gasteiger partial charge is 0.224 e. The molecule has 1 heterocycles. The van der Waals surface area contributed by atoms with Gasteiger partial charge in [-0.3, -0.25) is 4.79 Å². The van der Waals surface area contributed by atoms with Crippen molar-refractivity contribution in [1.29, 1.82) is 0 Å². The number of nitrogens with zero attached hydrogens (tertiary/aromatic N) is 1. The van der Waals surface area contributed by atoms with Gasteiger partial charge in [0.05, 0.1) is 21.7 Å². The molecule has 1 aliphatic heterocycles. The van der Waals surface area contributed by atoms with E-state index < -0.39 is 10.0 Å². The van der Waals surface area contributed by atoms with Crippen LogP contribution >= 0.6 is 35.0 Å². The monoisotopic (exact) mass is 438 g/mol. The molecular formula is C17H24Cl2N2O3S2. The maximum Gasteiger partial charge on any atom is 0.224 e. The molecule has 0 radical (unpaired) electrons. The molecule has 5 nitrogen and oxygen atoms in total. The van der Waals surface area contributed by atoms with Crippen LogP contribution in [0.4, 0.5) is 0 Å². The van der Waals surface area contributed by atoms with E-state index in [1.54, 1.807) is 24.8 Å². The second-order valence-electron chi connectivity index (χ2n) is 6.19. The van der Waals surface area contributed by atoms with Gasteiger partial charge in [-0.1, -0.05) is 29.3 Å². The summed E-state index contributed by atoms with van der Waals surface area (Å²) in [5.41, 5.74) is 1.09. The largest absolute Gasteiger partial charge is 0.355 e. The second-order valence-corrected chi connectivity index (χ2v) is 10.4. The summed E-state index contributed by atoms with van der Waals surface area (Å²) in [5, 5.41) is 4.01. The minimum absolute atomic E-state index is 0.0591. The molecule has 1 fully saturated rings. The molecule has 1 aromatic rings. The summed E-state index contributed by atoms with van der Waals surface area (Å²) in [5.74, 6) is 1.32. The molecule has 0 spiro atoms. The van der Waals surface area contributed by atoms with Gasteiger partial charge in [0.25, 0.3) is 0 Å². The Kier molecular flexibility index (Phi) is 8.54. The molecule has 1 atom stereocenters. The first-order chi connectivity index (χ1) is 12.3. The molecule has 146 valence electrons. The van der Waals surface area contributed by atoms with E-state index in [9.17, 15) is 13.2 Å². The Morgan fingerprint density at radius 1 is 1.35 bits per heavy atom. The van der Waals surface area contributed by atoms with Crippen molar-refractivity contribution in [2.75, 3.05) is 31.1 Å². The summed E-state index contributed by atoms with van der Waals surface area (Å²) >= 11 is 13.6. The fourth-order valence-electron chi connectivity index (χ4n) is 2.80. The first-order valence-electron chi connectivity index (χ1n) is 8.60. The van der Waals surface area contributed by atoms with Crippen LogP contribution in [-0.2, 0) is 20.6 Å². The summed E-state index contributed by atoms with van der Waals surface area (Å²) in [4.78, 5) is 12.3. The number of amides is 1. The number of sulfonamides is 1. The Morgan fingerprint density at radius 2 is 2.12 bits per heavy atom. The molecule has 0 saturated carbocycles. The number of rotatable bonds is 8. The molecule has 1 N–H and O–H groups in total. The number of halogens is 2. The lowest BCUT2D eigenvalue weighted by molar-refractivity contribution is -0.125. The summed E-state index contributed by atoms with van der Waals surface area (Å²) in [6.07, 6.45) is 1.46. The van der Waals surface area contributed by atoms with Gasteiger partial charge < -0.3 is 5.32 Å².